The quantitative estimate of drug-likeness (QED) is 0.380. The van der Waals surface area contributed by atoms with Gasteiger partial charge in [-0.05, 0) is 29.5 Å². The highest BCUT2D eigenvalue weighted by atomic mass is 32.2. The van der Waals surface area contributed by atoms with Crippen molar-refractivity contribution in [1.82, 2.24) is 14.8 Å². The van der Waals surface area contributed by atoms with E-state index in [-0.39, 0.29) is 24.0 Å². The Kier molecular flexibility index (Phi) is 7.04. The van der Waals surface area contributed by atoms with Gasteiger partial charge in [0.1, 0.15) is 5.82 Å². The van der Waals surface area contributed by atoms with E-state index in [1.165, 1.54) is 11.8 Å². The predicted molar refractivity (Wildman–Crippen MR) is 132 cm³/mol. The highest BCUT2D eigenvalue weighted by Crippen LogP contribution is 2.24. The summed E-state index contributed by atoms with van der Waals surface area (Å²) in [5.74, 6) is 0.440. The summed E-state index contributed by atoms with van der Waals surface area (Å²) < 4.78 is 1.75. The van der Waals surface area contributed by atoms with Crippen LogP contribution in [-0.4, -0.2) is 32.3 Å². The number of para-hydroxylation sites is 1. The summed E-state index contributed by atoms with van der Waals surface area (Å²) in [6.07, 6.45) is 0.937. The summed E-state index contributed by atoms with van der Waals surface area (Å²) >= 11 is 1.28. The van der Waals surface area contributed by atoms with Gasteiger partial charge in [0.2, 0.25) is 11.8 Å². The molecule has 0 atom stereocenters. The Morgan fingerprint density at radius 3 is 2.42 bits per heavy atom. The van der Waals surface area contributed by atoms with Gasteiger partial charge in [-0.25, -0.2) is 0 Å². The molecule has 0 bridgehead atoms. The van der Waals surface area contributed by atoms with E-state index in [0.717, 1.165) is 34.1 Å². The number of hydrogen-bond donors (Lipinski definition) is 2. The molecule has 1 heterocycles. The van der Waals surface area contributed by atoms with Gasteiger partial charge in [0.25, 0.3) is 0 Å². The molecule has 0 aliphatic carbocycles. The lowest BCUT2D eigenvalue weighted by Crippen LogP contribution is -2.18. The number of carbonyl (C=O) groups excluding carboxylic acids is 2. The third-order valence-corrected chi connectivity index (χ3v) is 6.33. The number of carbonyl (C=O) groups is 2. The van der Waals surface area contributed by atoms with Gasteiger partial charge in [-0.15, -0.1) is 10.2 Å². The van der Waals surface area contributed by atoms with E-state index in [2.05, 4.69) is 20.8 Å². The second kappa shape index (κ2) is 10.3. The van der Waals surface area contributed by atoms with Crippen LogP contribution in [0.4, 0.5) is 11.4 Å². The van der Waals surface area contributed by atoms with Crippen molar-refractivity contribution in [3.8, 4) is 0 Å². The van der Waals surface area contributed by atoms with Crippen LogP contribution in [0.2, 0.25) is 0 Å². The van der Waals surface area contributed by atoms with E-state index in [9.17, 15) is 9.59 Å². The van der Waals surface area contributed by atoms with E-state index in [1.54, 1.807) is 11.6 Å². The van der Waals surface area contributed by atoms with Crippen LogP contribution in [0.1, 0.15) is 18.3 Å². The minimum Gasteiger partial charge on any atom is -0.325 e. The second-order valence-corrected chi connectivity index (χ2v) is 8.50. The number of anilines is 2. The molecule has 0 aliphatic rings. The van der Waals surface area contributed by atoms with Crippen LogP contribution >= 0.6 is 11.8 Å². The Hall–Kier alpha value is -3.65. The number of aromatic nitrogens is 3. The number of fused-ring (bicyclic) bond motifs is 1. The lowest BCUT2D eigenvalue weighted by atomic mass is 10.1. The summed E-state index contributed by atoms with van der Waals surface area (Å²) in [6, 6.07) is 21.5. The maximum Gasteiger partial charge on any atom is 0.234 e. The first-order valence-corrected chi connectivity index (χ1v) is 11.7. The van der Waals surface area contributed by atoms with Crippen molar-refractivity contribution in [2.75, 3.05) is 16.4 Å². The van der Waals surface area contributed by atoms with Gasteiger partial charge >= 0.3 is 0 Å². The van der Waals surface area contributed by atoms with Crippen molar-refractivity contribution in [1.29, 1.82) is 0 Å². The largest absolute Gasteiger partial charge is 0.325 e. The topological polar surface area (TPSA) is 88.9 Å². The number of amides is 2. The molecule has 3 aromatic carbocycles. The van der Waals surface area contributed by atoms with Crippen molar-refractivity contribution in [3.05, 3.63) is 78.1 Å². The fourth-order valence-corrected chi connectivity index (χ4v) is 4.29. The Morgan fingerprint density at radius 1 is 0.879 bits per heavy atom. The fraction of sp³-hybridized carbons (Fsp3) is 0.200. The molecule has 4 rings (SSSR count). The maximum atomic E-state index is 12.5. The van der Waals surface area contributed by atoms with Crippen molar-refractivity contribution < 1.29 is 9.59 Å². The lowest BCUT2D eigenvalue weighted by molar-refractivity contribution is -0.116. The zero-order valence-electron chi connectivity index (χ0n) is 18.5. The Bertz CT molecular complexity index is 1300. The first-order valence-electron chi connectivity index (χ1n) is 10.7. The maximum absolute atomic E-state index is 12.5. The number of hydrogen-bond acceptors (Lipinski definition) is 5. The van der Waals surface area contributed by atoms with Crippen molar-refractivity contribution in [2.24, 2.45) is 7.05 Å². The molecule has 0 radical (unpaired) electrons. The van der Waals surface area contributed by atoms with Crippen LogP contribution in [0.3, 0.4) is 0 Å². The van der Waals surface area contributed by atoms with Gasteiger partial charge in [-0.2, -0.15) is 0 Å². The van der Waals surface area contributed by atoms with Crippen molar-refractivity contribution in [3.63, 3.8) is 0 Å². The van der Waals surface area contributed by atoms with Crippen LogP contribution in [0.25, 0.3) is 10.8 Å². The van der Waals surface area contributed by atoms with Crippen LogP contribution in [0.5, 0.6) is 0 Å². The minimum atomic E-state index is -0.156. The van der Waals surface area contributed by atoms with E-state index >= 15 is 0 Å². The number of rotatable bonds is 8. The molecule has 2 N–H and O–H groups in total. The van der Waals surface area contributed by atoms with E-state index in [1.807, 2.05) is 73.7 Å². The van der Waals surface area contributed by atoms with Gasteiger partial charge in [0, 0.05) is 23.8 Å². The summed E-state index contributed by atoms with van der Waals surface area (Å²) in [7, 11) is 1.80. The number of thioether (sulfide) groups is 1. The molecule has 7 nitrogen and oxygen atoms in total. The summed E-state index contributed by atoms with van der Waals surface area (Å²) in [5.41, 5.74) is 2.67. The summed E-state index contributed by atoms with van der Waals surface area (Å²) in [4.78, 5) is 25.1. The first kappa shape index (κ1) is 22.5. The molecular formula is C25H25N5O2S. The zero-order chi connectivity index (χ0) is 23.2. The zero-order valence-corrected chi connectivity index (χ0v) is 19.4. The molecule has 33 heavy (non-hydrogen) atoms. The highest BCUT2D eigenvalue weighted by molar-refractivity contribution is 7.99. The average molecular weight is 460 g/mol. The van der Waals surface area contributed by atoms with Gasteiger partial charge in [-0.3, -0.25) is 9.59 Å². The molecule has 8 heteroatoms. The van der Waals surface area contributed by atoms with Crippen LogP contribution in [0.15, 0.2) is 71.9 Å². The number of benzene rings is 3. The summed E-state index contributed by atoms with van der Waals surface area (Å²) in [5, 5.41) is 16.9. The minimum absolute atomic E-state index is 0.101. The van der Waals surface area contributed by atoms with Crippen molar-refractivity contribution in [2.45, 2.75) is 24.9 Å². The molecule has 0 fully saturated rings. The lowest BCUT2D eigenvalue weighted by Gasteiger charge is -2.10. The third kappa shape index (κ3) is 5.40. The molecule has 0 saturated heterocycles. The Labute approximate surface area is 196 Å². The monoisotopic (exact) mass is 459 g/mol. The van der Waals surface area contributed by atoms with E-state index in [4.69, 9.17) is 0 Å². The van der Waals surface area contributed by atoms with E-state index < -0.39 is 0 Å². The smallest absolute Gasteiger partial charge is 0.234 e. The van der Waals surface area contributed by atoms with Gasteiger partial charge < -0.3 is 15.2 Å². The van der Waals surface area contributed by atoms with Crippen LogP contribution < -0.4 is 10.6 Å². The molecule has 4 aromatic rings. The molecule has 0 spiro atoms. The molecule has 0 aliphatic heterocycles. The standard InChI is InChI=1S/C25H25N5O2S/c1-3-17-9-5-7-13-20(17)26-23(31)15-22-28-29-25(30(22)2)33-16-24(32)27-21-14-8-11-18-10-4-6-12-19(18)21/h4-14H,3,15-16H2,1-2H3,(H,26,31)(H,27,32). The second-order valence-electron chi connectivity index (χ2n) is 7.56. The van der Waals surface area contributed by atoms with Crippen LogP contribution in [-0.2, 0) is 29.5 Å². The van der Waals surface area contributed by atoms with E-state index in [0.29, 0.717) is 11.0 Å². The molecule has 168 valence electrons. The van der Waals surface area contributed by atoms with Gasteiger partial charge in [0.05, 0.1) is 12.2 Å². The Balaban J connectivity index is 1.35. The summed E-state index contributed by atoms with van der Waals surface area (Å²) in [6.45, 7) is 2.05. The van der Waals surface area contributed by atoms with Crippen molar-refractivity contribution >= 4 is 45.7 Å². The first-order chi connectivity index (χ1) is 16.0. The molecular weight excluding hydrogens is 434 g/mol. The van der Waals surface area contributed by atoms with Gasteiger partial charge in [-0.1, -0.05) is 73.3 Å². The third-order valence-electron chi connectivity index (χ3n) is 5.31. The molecule has 2 amide bonds. The number of nitrogens with zero attached hydrogens (tertiary/aromatic N) is 3. The number of aryl methyl sites for hydroxylation is 1. The Morgan fingerprint density at radius 2 is 1.58 bits per heavy atom. The van der Waals surface area contributed by atoms with Crippen LogP contribution in [0, 0.1) is 0 Å². The SMILES string of the molecule is CCc1ccccc1NC(=O)Cc1nnc(SCC(=O)Nc2cccc3ccccc23)n1C. The number of nitrogens with one attached hydrogen (secondary N) is 2. The highest BCUT2D eigenvalue weighted by Gasteiger charge is 2.15. The molecule has 1 aromatic heterocycles. The molecule has 0 saturated carbocycles. The molecule has 0 unspecified atom stereocenters. The normalized spacial score (nSPS) is 10.8. The van der Waals surface area contributed by atoms with Gasteiger partial charge in [0.15, 0.2) is 5.16 Å². The predicted octanol–water partition coefficient (Wildman–Crippen LogP) is 4.44. The average Bonchev–Trinajstić information content (AvgIpc) is 3.17. The fourth-order valence-electron chi connectivity index (χ4n) is 3.56.